The number of carbonyl (C=O) groups excluding carboxylic acids is 2. The molecule has 6 heteroatoms. The predicted molar refractivity (Wildman–Crippen MR) is 82.6 cm³/mol. The molecule has 0 bridgehead atoms. The first kappa shape index (κ1) is 16.5. The van der Waals surface area contributed by atoms with Gasteiger partial charge in [0, 0.05) is 31.1 Å². The van der Waals surface area contributed by atoms with E-state index in [9.17, 15) is 9.59 Å². The molecule has 6 nitrogen and oxygen atoms in total. The lowest BCUT2D eigenvalue weighted by atomic mass is 10.1. The third-order valence-electron chi connectivity index (χ3n) is 3.51. The standard InChI is InChI=1S/C16H22N2O4/c1-21-16(20)7-4-12-2-5-13(6-3-12)18-15(19)10-14-11-22-9-8-17-14/h2-3,5-6,14,17H,4,7-11H2,1H3,(H,18,19). The summed E-state index contributed by atoms with van der Waals surface area (Å²) < 4.78 is 9.93. The molecule has 1 fully saturated rings. The number of ether oxygens (including phenoxy) is 2. The maximum atomic E-state index is 12.0. The molecule has 1 aliphatic rings. The van der Waals surface area contributed by atoms with Crippen molar-refractivity contribution < 1.29 is 19.1 Å². The molecule has 0 radical (unpaired) electrons. The average molecular weight is 306 g/mol. The first-order valence-corrected chi connectivity index (χ1v) is 7.44. The minimum Gasteiger partial charge on any atom is -0.469 e. The average Bonchev–Trinajstić information content (AvgIpc) is 2.54. The van der Waals surface area contributed by atoms with Gasteiger partial charge < -0.3 is 20.1 Å². The van der Waals surface area contributed by atoms with Crippen LogP contribution in [0.25, 0.3) is 0 Å². The van der Waals surface area contributed by atoms with Gasteiger partial charge in [-0.3, -0.25) is 9.59 Å². The molecule has 2 N–H and O–H groups in total. The SMILES string of the molecule is COC(=O)CCc1ccc(NC(=O)CC2COCCN2)cc1. The largest absolute Gasteiger partial charge is 0.469 e. The van der Waals surface area contributed by atoms with Crippen molar-refractivity contribution in [2.75, 3.05) is 32.2 Å². The summed E-state index contributed by atoms with van der Waals surface area (Å²) in [6.45, 7) is 2.05. The molecular formula is C16H22N2O4. The lowest BCUT2D eigenvalue weighted by Gasteiger charge is -2.23. The molecule has 0 aliphatic carbocycles. The van der Waals surface area contributed by atoms with Crippen molar-refractivity contribution >= 4 is 17.6 Å². The molecule has 1 aromatic rings. The first-order valence-electron chi connectivity index (χ1n) is 7.44. The van der Waals surface area contributed by atoms with E-state index in [-0.39, 0.29) is 17.9 Å². The van der Waals surface area contributed by atoms with Crippen molar-refractivity contribution in [1.82, 2.24) is 5.32 Å². The summed E-state index contributed by atoms with van der Waals surface area (Å²) in [4.78, 5) is 23.0. The normalized spacial score (nSPS) is 17.8. The van der Waals surface area contributed by atoms with Crippen LogP contribution in [0.15, 0.2) is 24.3 Å². The third kappa shape index (κ3) is 5.46. The Morgan fingerprint density at radius 1 is 1.36 bits per heavy atom. The fourth-order valence-corrected chi connectivity index (χ4v) is 2.29. The zero-order valence-electron chi connectivity index (χ0n) is 12.8. The van der Waals surface area contributed by atoms with Crippen LogP contribution in [0.4, 0.5) is 5.69 Å². The van der Waals surface area contributed by atoms with Crippen molar-refractivity contribution in [3.05, 3.63) is 29.8 Å². The van der Waals surface area contributed by atoms with Crippen molar-refractivity contribution in [1.29, 1.82) is 0 Å². The highest BCUT2D eigenvalue weighted by Gasteiger charge is 2.16. The number of rotatable bonds is 6. The highest BCUT2D eigenvalue weighted by Crippen LogP contribution is 2.12. The van der Waals surface area contributed by atoms with E-state index in [4.69, 9.17) is 4.74 Å². The van der Waals surface area contributed by atoms with Gasteiger partial charge in [0.1, 0.15) is 0 Å². The minimum atomic E-state index is -0.223. The summed E-state index contributed by atoms with van der Waals surface area (Å²) in [5.41, 5.74) is 1.79. The summed E-state index contributed by atoms with van der Waals surface area (Å²) in [6, 6.07) is 7.57. The molecule has 1 aliphatic heterocycles. The number of morpholine rings is 1. The van der Waals surface area contributed by atoms with Gasteiger partial charge in [-0.2, -0.15) is 0 Å². The molecule has 1 aromatic carbocycles. The van der Waals surface area contributed by atoms with Gasteiger partial charge in [-0.25, -0.2) is 0 Å². The smallest absolute Gasteiger partial charge is 0.305 e. The maximum absolute atomic E-state index is 12.0. The van der Waals surface area contributed by atoms with E-state index >= 15 is 0 Å². The number of methoxy groups -OCH3 is 1. The number of nitrogens with one attached hydrogen (secondary N) is 2. The second kappa shape index (κ2) is 8.51. The molecular weight excluding hydrogens is 284 g/mol. The van der Waals surface area contributed by atoms with E-state index in [1.807, 2.05) is 24.3 Å². The number of carbonyl (C=O) groups is 2. The van der Waals surface area contributed by atoms with E-state index in [1.54, 1.807) is 0 Å². The summed E-state index contributed by atoms with van der Waals surface area (Å²) >= 11 is 0. The minimum absolute atomic E-state index is 0.0367. The first-order chi connectivity index (χ1) is 10.7. The Kier molecular flexibility index (Phi) is 6.36. The molecule has 1 heterocycles. The van der Waals surface area contributed by atoms with E-state index in [2.05, 4.69) is 15.4 Å². The Morgan fingerprint density at radius 3 is 2.77 bits per heavy atom. The van der Waals surface area contributed by atoms with Crippen LogP contribution < -0.4 is 10.6 Å². The maximum Gasteiger partial charge on any atom is 0.305 e. The lowest BCUT2D eigenvalue weighted by Crippen LogP contribution is -2.43. The number of esters is 1. The number of hydrogen-bond acceptors (Lipinski definition) is 5. The molecule has 22 heavy (non-hydrogen) atoms. The third-order valence-corrected chi connectivity index (χ3v) is 3.51. The van der Waals surface area contributed by atoms with Crippen LogP contribution in [-0.4, -0.2) is 44.8 Å². The monoisotopic (exact) mass is 306 g/mol. The van der Waals surface area contributed by atoms with Crippen LogP contribution in [0.3, 0.4) is 0 Å². The lowest BCUT2D eigenvalue weighted by molar-refractivity contribution is -0.140. The van der Waals surface area contributed by atoms with Crippen molar-refractivity contribution in [3.63, 3.8) is 0 Å². The van der Waals surface area contributed by atoms with E-state index < -0.39 is 0 Å². The summed E-state index contributed by atoms with van der Waals surface area (Å²) in [5, 5.41) is 6.11. The summed E-state index contributed by atoms with van der Waals surface area (Å²) in [6.07, 6.45) is 1.38. The molecule has 1 saturated heterocycles. The molecule has 0 aromatic heterocycles. The van der Waals surface area contributed by atoms with Gasteiger partial charge in [0.2, 0.25) is 5.91 Å². The molecule has 1 unspecified atom stereocenters. The molecule has 1 atom stereocenters. The molecule has 0 saturated carbocycles. The highest BCUT2D eigenvalue weighted by atomic mass is 16.5. The van der Waals surface area contributed by atoms with E-state index in [1.165, 1.54) is 7.11 Å². The van der Waals surface area contributed by atoms with Gasteiger partial charge in [-0.1, -0.05) is 12.1 Å². The fraction of sp³-hybridized carbons (Fsp3) is 0.500. The highest BCUT2D eigenvalue weighted by molar-refractivity contribution is 5.91. The predicted octanol–water partition coefficient (Wildman–Crippen LogP) is 1.11. The quantitative estimate of drug-likeness (QED) is 0.770. The second-order valence-corrected chi connectivity index (χ2v) is 5.25. The van der Waals surface area contributed by atoms with Gasteiger partial charge in [0.05, 0.1) is 20.3 Å². The summed E-state index contributed by atoms with van der Waals surface area (Å²) in [7, 11) is 1.38. The van der Waals surface area contributed by atoms with Crippen LogP contribution in [0.2, 0.25) is 0 Å². The molecule has 0 spiro atoms. The van der Waals surface area contributed by atoms with Gasteiger partial charge in [-0.15, -0.1) is 0 Å². The Labute approximate surface area is 130 Å². The second-order valence-electron chi connectivity index (χ2n) is 5.25. The van der Waals surface area contributed by atoms with Crippen LogP contribution in [0, 0.1) is 0 Å². The Hall–Kier alpha value is -1.92. The van der Waals surface area contributed by atoms with Gasteiger partial charge in [0.25, 0.3) is 0 Å². The van der Waals surface area contributed by atoms with Crippen LogP contribution in [0.1, 0.15) is 18.4 Å². The summed E-state index contributed by atoms with van der Waals surface area (Å²) in [5.74, 6) is -0.259. The Morgan fingerprint density at radius 2 is 2.14 bits per heavy atom. The van der Waals surface area contributed by atoms with E-state index in [0.29, 0.717) is 32.5 Å². The number of anilines is 1. The number of benzene rings is 1. The molecule has 120 valence electrons. The van der Waals surface area contributed by atoms with Crippen LogP contribution in [0.5, 0.6) is 0 Å². The van der Waals surface area contributed by atoms with Crippen LogP contribution in [-0.2, 0) is 25.5 Å². The molecule has 1 amide bonds. The number of aryl methyl sites for hydroxylation is 1. The van der Waals surface area contributed by atoms with Crippen molar-refractivity contribution in [2.45, 2.75) is 25.3 Å². The van der Waals surface area contributed by atoms with Gasteiger partial charge in [0.15, 0.2) is 0 Å². The number of hydrogen-bond donors (Lipinski definition) is 2. The van der Waals surface area contributed by atoms with Gasteiger partial charge >= 0.3 is 5.97 Å². The zero-order chi connectivity index (χ0) is 15.8. The molecule has 2 rings (SSSR count). The van der Waals surface area contributed by atoms with E-state index in [0.717, 1.165) is 17.8 Å². The van der Waals surface area contributed by atoms with Gasteiger partial charge in [-0.05, 0) is 24.1 Å². The zero-order valence-corrected chi connectivity index (χ0v) is 12.8. The topological polar surface area (TPSA) is 76.7 Å². The van der Waals surface area contributed by atoms with Crippen molar-refractivity contribution in [2.24, 2.45) is 0 Å². The van der Waals surface area contributed by atoms with Crippen molar-refractivity contribution in [3.8, 4) is 0 Å². The van der Waals surface area contributed by atoms with Crippen LogP contribution >= 0.6 is 0 Å². The Balaban J connectivity index is 1.77. The fourth-order valence-electron chi connectivity index (χ4n) is 2.29. The Bertz CT molecular complexity index is 495. The number of amides is 1.